The maximum Gasteiger partial charge on any atom is 0.255 e. The Balaban J connectivity index is 1.54. The number of carbonyl (C=O) groups excluding carboxylic acids is 1. The Morgan fingerprint density at radius 3 is 2.57 bits per heavy atom. The fraction of sp³-hybridized carbons (Fsp3) is 0.278. The van der Waals surface area contributed by atoms with E-state index in [-0.39, 0.29) is 17.8 Å². The molecule has 4 nitrogen and oxygen atoms in total. The Kier molecular flexibility index (Phi) is 4.88. The van der Waals surface area contributed by atoms with Crippen LogP contribution in [0.4, 0.5) is 10.1 Å². The van der Waals surface area contributed by atoms with Crippen molar-refractivity contribution in [3.8, 4) is 5.75 Å². The second-order valence-electron chi connectivity index (χ2n) is 5.43. The Labute approximate surface area is 134 Å². The number of amides is 1. The monoisotopic (exact) mass is 315 g/mol. The minimum absolute atomic E-state index is 0.174. The van der Waals surface area contributed by atoms with Crippen LogP contribution in [0.1, 0.15) is 23.2 Å². The molecule has 1 amide bonds. The van der Waals surface area contributed by atoms with Gasteiger partial charge >= 0.3 is 0 Å². The van der Waals surface area contributed by atoms with E-state index in [2.05, 4.69) is 5.32 Å². The van der Waals surface area contributed by atoms with Gasteiger partial charge in [0.15, 0.2) is 0 Å². The molecular formula is C18H18FNO3. The molecule has 23 heavy (non-hydrogen) atoms. The summed E-state index contributed by atoms with van der Waals surface area (Å²) >= 11 is 0. The van der Waals surface area contributed by atoms with Crippen LogP contribution in [0.25, 0.3) is 0 Å². The zero-order valence-corrected chi connectivity index (χ0v) is 12.6. The molecular weight excluding hydrogens is 297 g/mol. The maximum atomic E-state index is 12.9. The van der Waals surface area contributed by atoms with E-state index in [0.717, 1.165) is 25.2 Å². The molecule has 120 valence electrons. The molecule has 1 fully saturated rings. The average Bonchev–Trinajstić information content (AvgIpc) is 3.08. The topological polar surface area (TPSA) is 47.6 Å². The maximum absolute atomic E-state index is 12.9. The van der Waals surface area contributed by atoms with E-state index in [0.29, 0.717) is 17.9 Å². The molecule has 2 aromatic rings. The van der Waals surface area contributed by atoms with Crippen molar-refractivity contribution < 1.29 is 18.7 Å². The smallest absolute Gasteiger partial charge is 0.255 e. The summed E-state index contributed by atoms with van der Waals surface area (Å²) in [5, 5.41) is 2.76. The van der Waals surface area contributed by atoms with Crippen LogP contribution in [0.5, 0.6) is 5.75 Å². The zero-order chi connectivity index (χ0) is 16.1. The van der Waals surface area contributed by atoms with Crippen LogP contribution < -0.4 is 10.1 Å². The predicted molar refractivity (Wildman–Crippen MR) is 85.3 cm³/mol. The fourth-order valence-electron chi connectivity index (χ4n) is 2.40. The van der Waals surface area contributed by atoms with Crippen molar-refractivity contribution in [1.82, 2.24) is 0 Å². The van der Waals surface area contributed by atoms with Crippen molar-refractivity contribution in [2.75, 3.05) is 18.5 Å². The second-order valence-corrected chi connectivity index (χ2v) is 5.43. The number of benzene rings is 2. The molecule has 0 saturated carbocycles. The first-order valence-corrected chi connectivity index (χ1v) is 7.62. The summed E-state index contributed by atoms with van der Waals surface area (Å²) in [7, 11) is 0. The summed E-state index contributed by atoms with van der Waals surface area (Å²) in [6, 6.07) is 12.6. The predicted octanol–water partition coefficient (Wildman–Crippen LogP) is 3.64. The lowest BCUT2D eigenvalue weighted by molar-refractivity contribution is 0.0679. The molecule has 3 rings (SSSR count). The van der Waals surface area contributed by atoms with Crippen molar-refractivity contribution in [2.45, 2.75) is 18.9 Å². The summed E-state index contributed by atoms with van der Waals surface area (Å²) in [4.78, 5) is 12.0. The highest BCUT2D eigenvalue weighted by atomic mass is 19.1. The number of carbonyl (C=O) groups is 1. The molecule has 5 heteroatoms. The number of nitrogens with one attached hydrogen (secondary N) is 1. The van der Waals surface area contributed by atoms with Gasteiger partial charge in [0.25, 0.3) is 5.91 Å². The SMILES string of the molecule is O=C(Nc1ccc(OCC2CCCO2)cc1)c1ccc(F)cc1. The largest absolute Gasteiger partial charge is 0.491 e. The van der Waals surface area contributed by atoms with Crippen molar-refractivity contribution >= 4 is 11.6 Å². The number of ether oxygens (including phenoxy) is 2. The summed E-state index contributed by atoms with van der Waals surface area (Å²) < 4.78 is 24.0. The summed E-state index contributed by atoms with van der Waals surface area (Å²) in [6.07, 6.45) is 2.29. The molecule has 2 aromatic carbocycles. The average molecular weight is 315 g/mol. The van der Waals surface area contributed by atoms with Crippen molar-refractivity contribution in [1.29, 1.82) is 0 Å². The van der Waals surface area contributed by atoms with E-state index < -0.39 is 0 Å². The van der Waals surface area contributed by atoms with E-state index >= 15 is 0 Å². The van der Waals surface area contributed by atoms with Gasteiger partial charge in [0.2, 0.25) is 0 Å². The molecule has 0 radical (unpaired) electrons. The number of halogens is 1. The molecule has 1 saturated heterocycles. The molecule has 1 aliphatic rings. The molecule has 1 unspecified atom stereocenters. The number of hydrogen-bond acceptors (Lipinski definition) is 3. The lowest BCUT2D eigenvalue weighted by Crippen LogP contribution is -2.16. The van der Waals surface area contributed by atoms with Crippen LogP contribution in [-0.4, -0.2) is 25.2 Å². The van der Waals surface area contributed by atoms with Crippen molar-refractivity contribution in [3.63, 3.8) is 0 Å². The van der Waals surface area contributed by atoms with Gasteiger partial charge < -0.3 is 14.8 Å². The van der Waals surface area contributed by atoms with Gasteiger partial charge in [-0.1, -0.05) is 0 Å². The normalized spacial score (nSPS) is 17.0. The number of anilines is 1. The van der Waals surface area contributed by atoms with E-state index in [9.17, 15) is 9.18 Å². The van der Waals surface area contributed by atoms with Gasteiger partial charge in [-0.25, -0.2) is 4.39 Å². The first-order valence-electron chi connectivity index (χ1n) is 7.62. The standard InChI is InChI=1S/C18H18FNO3/c19-14-5-3-13(4-6-14)18(21)20-15-7-9-16(10-8-15)23-12-17-2-1-11-22-17/h3-10,17H,1-2,11-12H2,(H,20,21). The van der Waals surface area contributed by atoms with Crippen LogP contribution in [0.2, 0.25) is 0 Å². The van der Waals surface area contributed by atoms with E-state index in [1.165, 1.54) is 24.3 Å². The molecule has 0 spiro atoms. The van der Waals surface area contributed by atoms with Gasteiger partial charge in [-0.3, -0.25) is 4.79 Å². The highest BCUT2D eigenvalue weighted by Gasteiger charge is 2.15. The van der Waals surface area contributed by atoms with Crippen LogP contribution >= 0.6 is 0 Å². The van der Waals surface area contributed by atoms with Gasteiger partial charge in [0, 0.05) is 17.9 Å². The number of hydrogen-bond donors (Lipinski definition) is 1. The van der Waals surface area contributed by atoms with Gasteiger partial charge in [-0.05, 0) is 61.4 Å². The van der Waals surface area contributed by atoms with Gasteiger partial charge in [-0.15, -0.1) is 0 Å². The lowest BCUT2D eigenvalue weighted by atomic mass is 10.2. The molecule has 1 heterocycles. The van der Waals surface area contributed by atoms with Crippen molar-refractivity contribution in [2.24, 2.45) is 0 Å². The Morgan fingerprint density at radius 1 is 1.17 bits per heavy atom. The van der Waals surface area contributed by atoms with E-state index in [1.807, 2.05) is 0 Å². The first kappa shape index (κ1) is 15.5. The van der Waals surface area contributed by atoms with Crippen molar-refractivity contribution in [3.05, 3.63) is 59.9 Å². The van der Waals surface area contributed by atoms with Gasteiger partial charge in [-0.2, -0.15) is 0 Å². The minimum Gasteiger partial charge on any atom is -0.491 e. The molecule has 0 bridgehead atoms. The van der Waals surface area contributed by atoms with Crippen LogP contribution in [0.15, 0.2) is 48.5 Å². The Morgan fingerprint density at radius 2 is 1.91 bits per heavy atom. The lowest BCUT2D eigenvalue weighted by Gasteiger charge is -2.12. The Bertz CT molecular complexity index is 649. The molecule has 0 aliphatic carbocycles. The van der Waals surface area contributed by atoms with E-state index in [1.54, 1.807) is 24.3 Å². The quantitative estimate of drug-likeness (QED) is 0.916. The molecule has 1 atom stereocenters. The van der Waals surface area contributed by atoms with Crippen LogP contribution in [-0.2, 0) is 4.74 Å². The third kappa shape index (κ3) is 4.29. The van der Waals surface area contributed by atoms with Crippen LogP contribution in [0, 0.1) is 5.82 Å². The molecule has 1 N–H and O–H groups in total. The zero-order valence-electron chi connectivity index (χ0n) is 12.6. The second kappa shape index (κ2) is 7.24. The number of rotatable bonds is 5. The first-order chi connectivity index (χ1) is 11.2. The third-order valence-electron chi connectivity index (χ3n) is 3.68. The molecule has 1 aliphatic heterocycles. The minimum atomic E-state index is -0.366. The highest BCUT2D eigenvalue weighted by molar-refractivity contribution is 6.04. The third-order valence-corrected chi connectivity index (χ3v) is 3.68. The summed E-state index contributed by atoms with van der Waals surface area (Å²) in [6.45, 7) is 1.35. The summed E-state index contributed by atoms with van der Waals surface area (Å²) in [5.41, 5.74) is 1.06. The fourth-order valence-corrected chi connectivity index (χ4v) is 2.40. The Hall–Kier alpha value is -2.40. The van der Waals surface area contributed by atoms with Gasteiger partial charge in [0.1, 0.15) is 18.2 Å². The highest BCUT2D eigenvalue weighted by Crippen LogP contribution is 2.19. The summed E-state index contributed by atoms with van der Waals surface area (Å²) in [5.74, 6) is 0.0904. The van der Waals surface area contributed by atoms with E-state index in [4.69, 9.17) is 9.47 Å². The van der Waals surface area contributed by atoms with Gasteiger partial charge in [0.05, 0.1) is 6.10 Å². The molecule has 0 aromatic heterocycles. The van der Waals surface area contributed by atoms with Crippen LogP contribution in [0.3, 0.4) is 0 Å².